The third-order valence-electron chi connectivity index (χ3n) is 3.86. The minimum Gasteiger partial charge on any atom is -0.340 e. The van der Waals surface area contributed by atoms with Gasteiger partial charge in [0.15, 0.2) is 0 Å². The molecular weight excluding hydrogens is 312 g/mol. The van der Waals surface area contributed by atoms with Crippen LogP contribution in [-0.4, -0.2) is 6.54 Å². The Morgan fingerprint density at radius 2 is 2.00 bits per heavy atom. The van der Waals surface area contributed by atoms with E-state index in [1.165, 1.54) is 5.56 Å². The molecule has 0 amide bonds. The molecule has 2 aromatic rings. The predicted octanol–water partition coefficient (Wildman–Crippen LogP) is 4.69. The fraction of sp³-hybridized carbons (Fsp3) is 0.333. The van der Waals surface area contributed by atoms with Crippen molar-refractivity contribution < 1.29 is 4.74 Å². The molecule has 0 heterocycles. The summed E-state index contributed by atoms with van der Waals surface area (Å²) in [6.45, 7) is 4.34. The van der Waals surface area contributed by atoms with Crippen LogP contribution >= 0.6 is 11.6 Å². The van der Waals surface area contributed by atoms with E-state index in [1.54, 1.807) is 12.1 Å². The maximum Gasteiger partial charge on any atom is 0.216 e. The number of benzene rings is 2. The summed E-state index contributed by atoms with van der Waals surface area (Å²) in [5.74, 6) is 0. The minimum atomic E-state index is -0.896. The molecule has 0 spiro atoms. The van der Waals surface area contributed by atoms with Gasteiger partial charge < -0.3 is 10.5 Å². The average molecular weight is 333 g/mol. The van der Waals surface area contributed by atoms with Gasteiger partial charge in [0.25, 0.3) is 0 Å². The Bertz CT molecular complexity index is 676. The number of rotatable bonds is 7. The first kappa shape index (κ1) is 17.6. The highest BCUT2D eigenvalue weighted by Gasteiger charge is 2.20. The second-order valence-corrected chi connectivity index (χ2v) is 5.85. The Morgan fingerprint density at radius 1 is 1.22 bits per heavy atom. The van der Waals surface area contributed by atoms with Crippen LogP contribution in [0.5, 0.6) is 0 Å². The van der Waals surface area contributed by atoms with Crippen LogP contribution in [0.4, 0.5) is 0 Å². The number of nitrogens with two attached hydrogens (primary N) is 1. The molecule has 23 heavy (non-hydrogen) atoms. The van der Waals surface area contributed by atoms with Gasteiger partial charge in [-0.3, -0.25) is 0 Å². The van der Waals surface area contributed by atoms with Crippen LogP contribution in [0, 0.1) is 11.8 Å². The molecular formula is C18H21ClN2O2. The summed E-state index contributed by atoms with van der Waals surface area (Å²) in [5.41, 5.74) is 9.72. The summed E-state index contributed by atoms with van der Waals surface area (Å²) in [6.07, 6.45) is -0.394. The van der Waals surface area contributed by atoms with Crippen LogP contribution in [0.1, 0.15) is 41.5 Å². The second-order valence-electron chi connectivity index (χ2n) is 5.41. The first-order valence-corrected chi connectivity index (χ1v) is 7.99. The average Bonchev–Trinajstić information content (AvgIpc) is 2.56. The van der Waals surface area contributed by atoms with Crippen LogP contribution < -0.4 is 5.73 Å². The van der Waals surface area contributed by atoms with Gasteiger partial charge in [-0.2, -0.15) is 0 Å². The fourth-order valence-electron chi connectivity index (χ4n) is 2.57. The van der Waals surface area contributed by atoms with E-state index in [0.717, 1.165) is 23.1 Å². The number of hydrogen-bond donors (Lipinski definition) is 1. The van der Waals surface area contributed by atoms with Crippen molar-refractivity contribution in [3.05, 3.63) is 74.6 Å². The van der Waals surface area contributed by atoms with Gasteiger partial charge in [-0.1, -0.05) is 48.9 Å². The zero-order chi connectivity index (χ0) is 16.8. The highest BCUT2D eigenvalue weighted by atomic mass is 35.5. The molecule has 4 nitrogen and oxygen atoms in total. The highest BCUT2D eigenvalue weighted by Crippen LogP contribution is 2.29. The summed E-state index contributed by atoms with van der Waals surface area (Å²) in [6, 6.07) is 13.1. The molecule has 0 aliphatic carbocycles. The van der Waals surface area contributed by atoms with E-state index in [2.05, 4.69) is 12.1 Å². The van der Waals surface area contributed by atoms with Crippen molar-refractivity contribution >= 4 is 11.6 Å². The van der Waals surface area contributed by atoms with Crippen molar-refractivity contribution in [2.75, 3.05) is 6.54 Å². The van der Waals surface area contributed by atoms with E-state index < -0.39 is 12.3 Å². The second kappa shape index (κ2) is 8.20. The topological polar surface area (TPSA) is 64.7 Å². The van der Waals surface area contributed by atoms with Gasteiger partial charge in [0.2, 0.25) is 6.23 Å². The first-order chi connectivity index (χ1) is 11.1. The molecule has 0 saturated heterocycles. The molecule has 0 radical (unpaired) electrons. The van der Waals surface area contributed by atoms with Crippen molar-refractivity contribution in [2.24, 2.45) is 10.9 Å². The lowest BCUT2D eigenvalue weighted by molar-refractivity contribution is -0.00624. The van der Waals surface area contributed by atoms with E-state index in [9.17, 15) is 4.91 Å². The Labute approximate surface area is 141 Å². The Hall–Kier alpha value is -1.75. The Morgan fingerprint density at radius 3 is 2.57 bits per heavy atom. The van der Waals surface area contributed by atoms with E-state index in [-0.39, 0.29) is 6.54 Å². The third-order valence-corrected chi connectivity index (χ3v) is 4.09. The Kier molecular flexibility index (Phi) is 6.28. The lowest BCUT2D eigenvalue weighted by atomic mass is 10.0. The number of aryl methyl sites for hydroxylation is 2. The molecule has 2 rings (SSSR count). The van der Waals surface area contributed by atoms with E-state index in [0.29, 0.717) is 5.02 Å². The summed E-state index contributed by atoms with van der Waals surface area (Å²) in [4.78, 5) is 11.3. The van der Waals surface area contributed by atoms with Gasteiger partial charge in [-0.05, 0) is 47.3 Å². The van der Waals surface area contributed by atoms with Gasteiger partial charge >= 0.3 is 0 Å². The zero-order valence-electron chi connectivity index (χ0n) is 13.3. The summed E-state index contributed by atoms with van der Waals surface area (Å²) in [7, 11) is 0. The fourth-order valence-corrected chi connectivity index (χ4v) is 2.77. The summed E-state index contributed by atoms with van der Waals surface area (Å²) >= 11 is 6.01. The number of ether oxygens (including phenoxy) is 1. The SMILES string of the molecule is CCc1ccc(C(N=O)OC(CN)c2cccc(Cl)c2)cc1C. The molecule has 122 valence electrons. The molecule has 0 aliphatic heterocycles. The monoisotopic (exact) mass is 332 g/mol. The van der Waals surface area contributed by atoms with Crippen molar-refractivity contribution in [1.29, 1.82) is 0 Å². The van der Waals surface area contributed by atoms with Crippen molar-refractivity contribution in [3.8, 4) is 0 Å². The minimum absolute atomic E-state index is 0.235. The smallest absolute Gasteiger partial charge is 0.216 e. The van der Waals surface area contributed by atoms with Gasteiger partial charge in [-0.15, -0.1) is 4.91 Å². The number of nitrogens with zero attached hydrogens (tertiary/aromatic N) is 1. The predicted molar refractivity (Wildman–Crippen MR) is 93.4 cm³/mol. The van der Waals surface area contributed by atoms with Gasteiger partial charge in [0.05, 0.1) is 6.10 Å². The first-order valence-electron chi connectivity index (χ1n) is 7.62. The molecule has 2 unspecified atom stereocenters. The maximum atomic E-state index is 11.3. The van der Waals surface area contributed by atoms with Crippen molar-refractivity contribution in [1.82, 2.24) is 0 Å². The van der Waals surface area contributed by atoms with Crippen LogP contribution in [0.25, 0.3) is 0 Å². The quantitative estimate of drug-likeness (QED) is 0.748. The molecule has 0 fully saturated rings. The standard InChI is InChI=1S/C18H21ClN2O2/c1-3-13-7-8-15(9-12(13)2)18(21-22)23-17(11-20)14-5-4-6-16(19)10-14/h4-10,17-18H,3,11,20H2,1-2H3. The highest BCUT2D eigenvalue weighted by molar-refractivity contribution is 6.30. The van der Waals surface area contributed by atoms with E-state index >= 15 is 0 Å². The summed E-state index contributed by atoms with van der Waals surface area (Å²) in [5, 5.41) is 3.73. The molecule has 0 bridgehead atoms. The lowest BCUT2D eigenvalue weighted by Crippen LogP contribution is -2.18. The zero-order valence-corrected chi connectivity index (χ0v) is 14.1. The molecule has 2 atom stereocenters. The molecule has 5 heteroatoms. The molecule has 0 saturated carbocycles. The normalized spacial score (nSPS) is 13.6. The van der Waals surface area contributed by atoms with Gasteiger partial charge in [-0.25, -0.2) is 0 Å². The molecule has 0 aliphatic rings. The van der Waals surface area contributed by atoms with Crippen LogP contribution in [0.2, 0.25) is 5.02 Å². The molecule has 0 aromatic heterocycles. The number of nitroso groups, excluding NO2 is 1. The van der Waals surface area contributed by atoms with Crippen LogP contribution in [-0.2, 0) is 11.2 Å². The van der Waals surface area contributed by atoms with E-state index in [4.69, 9.17) is 22.1 Å². The number of halogens is 1. The van der Waals surface area contributed by atoms with Gasteiger partial charge in [0, 0.05) is 17.1 Å². The molecule has 2 N–H and O–H groups in total. The number of hydrogen-bond acceptors (Lipinski definition) is 4. The summed E-state index contributed by atoms with van der Waals surface area (Å²) < 4.78 is 5.84. The van der Waals surface area contributed by atoms with Gasteiger partial charge in [0.1, 0.15) is 0 Å². The van der Waals surface area contributed by atoms with Crippen LogP contribution in [0.15, 0.2) is 47.6 Å². The maximum absolute atomic E-state index is 11.3. The largest absolute Gasteiger partial charge is 0.340 e. The Balaban J connectivity index is 2.23. The van der Waals surface area contributed by atoms with E-state index in [1.807, 2.05) is 37.3 Å². The van der Waals surface area contributed by atoms with Crippen molar-refractivity contribution in [3.63, 3.8) is 0 Å². The molecule has 2 aromatic carbocycles. The van der Waals surface area contributed by atoms with Crippen molar-refractivity contribution in [2.45, 2.75) is 32.6 Å². The lowest BCUT2D eigenvalue weighted by Gasteiger charge is -2.21. The van der Waals surface area contributed by atoms with Crippen LogP contribution in [0.3, 0.4) is 0 Å². The third kappa shape index (κ3) is 4.38.